The van der Waals surface area contributed by atoms with Crippen LogP contribution in [0.3, 0.4) is 0 Å². The molecular weight excluding hydrogens is 659 g/mol. The van der Waals surface area contributed by atoms with Crippen LogP contribution in [0.5, 0.6) is 5.75 Å². The zero-order valence-corrected chi connectivity index (χ0v) is 26.9. The molecule has 0 bridgehead atoms. The van der Waals surface area contributed by atoms with Crippen LogP contribution in [0.1, 0.15) is 16.7 Å². The number of imidazole rings is 1. The average Bonchev–Trinajstić information content (AvgIpc) is 3.70. The van der Waals surface area contributed by atoms with Gasteiger partial charge in [0.25, 0.3) is 0 Å². The van der Waals surface area contributed by atoms with Crippen molar-refractivity contribution in [2.24, 2.45) is 0 Å². The van der Waals surface area contributed by atoms with E-state index in [1.165, 1.54) is 18.2 Å². The van der Waals surface area contributed by atoms with Crippen LogP contribution in [0.25, 0.3) is 5.57 Å². The number of allylic oxidation sites excluding steroid dienone is 1. The van der Waals surface area contributed by atoms with E-state index in [0.717, 1.165) is 10.6 Å². The third-order valence-electron chi connectivity index (χ3n) is 8.14. The fourth-order valence-corrected chi connectivity index (χ4v) is 6.39. The largest absolute Gasteiger partial charge is 0.491 e. The second-order valence-corrected chi connectivity index (χ2v) is 12.3. The third kappa shape index (κ3) is 7.54. The van der Waals surface area contributed by atoms with Crippen molar-refractivity contribution in [3.63, 3.8) is 0 Å². The van der Waals surface area contributed by atoms with E-state index in [9.17, 15) is 13.2 Å². The molecule has 2 aliphatic heterocycles. The molecule has 2 saturated heterocycles. The minimum Gasteiger partial charge on any atom is -0.491 e. The highest BCUT2D eigenvalue weighted by molar-refractivity contribution is 6.35. The van der Waals surface area contributed by atoms with E-state index in [4.69, 9.17) is 37.4 Å². The van der Waals surface area contributed by atoms with Gasteiger partial charge >= 0.3 is 6.18 Å². The zero-order chi connectivity index (χ0) is 33.2. The van der Waals surface area contributed by atoms with Crippen molar-refractivity contribution in [2.75, 3.05) is 44.3 Å². The maximum atomic E-state index is 15.4. The smallest absolute Gasteiger partial charge is 0.421 e. The third-order valence-corrected chi connectivity index (χ3v) is 8.69. The van der Waals surface area contributed by atoms with Crippen molar-refractivity contribution >= 4 is 34.5 Å². The van der Waals surface area contributed by atoms with Crippen LogP contribution in [0, 0.1) is 6.92 Å². The van der Waals surface area contributed by atoms with Gasteiger partial charge in [0.1, 0.15) is 24.0 Å². The minimum atomic E-state index is -4.83. The summed E-state index contributed by atoms with van der Waals surface area (Å²) in [5.74, 6) is -1.82. The number of rotatable bonds is 9. The normalized spacial score (nSPS) is 20.8. The molecule has 2 aliphatic rings. The predicted octanol–water partition coefficient (Wildman–Crippen LogP) is 7.87. The van der Waals surface area contributed by atoms with Gasteiger partial charge in [-0.1, -0.05) is 59.1 Å². The number of anilines is 1. The molecule has 2 fully saturated rings. The van der Waals surface area contributed by atoms with Crippen LogP contribution >= 0.6 is 23.2 Å². The molecular formula is C34H32Cl2F4N4O3. The first-order valence-electron chi connectivity index (χ1n) is 15.0. The van der Waals surface area contributed by atoms with Crippen LogP contribution in [0.4, 0.5) is 23.2 Å². The molecule has 3 heterocycles. The van der Waals surface area contributed by atoms with Gasteiger partial charge in [-0.2, -0.15) is 17.6 Å². The van der Waals surface area contributed by atoms with Gasteiger partial charge in [-0.25, -0.2) is 4.98 Å². The van der Waals surface area contributed by atoms with E-state index < -0.39 is 29.6 Å². The topological polar surface area (TPSA) is 52.0 Å². The molecule has 2 unspecified atom stereocenters. The molecule has 4 aromatic rings. The van der Waals surface area contributed by atoms with Gasteiger partial charge in [0.2, 0.25) is 11.7 Å². The number of aryl methyl sites for hydroxylation is 1. The molecule has 2 atom stereocenters. The summed E-state index contributed by atoms with van der Waals surface area (Å²) in [6.45, 7) is 3.38. The van der Waals surface area contributed by atoms with E-state index >= 15 is 4.39 Å². The number of benzene rings is 3. The molecule has 0 amide bonds. The maximum absolute atomic E-state index is 15.4. The number of aromatic nitrogens is 2. The fourth-order valence-electron chi connectivity index (χ4n) is 5.84. The van der Waals surface area contributed by atoms with Crippen molar-refractivity contribution in [1.29, 1.82) is 0 Å². The Labute approximate surface area is 279 Å². The first-order chi connectivity index (χ1) is 22.5. The lowest BCUT2D eigenvalue weighted by Gasteiger charge is -2.37. The lowest BCUT2D eigenvalue weighted by molar-refractivity contribution is -0.189. The molecule has 13 heteroatoms. The van der Waals surface area contributed by atoms with E-state index in [2.05, 4.69) is 4.98 Å². The molecule has 248 valence electrons. The summed E-state index contributed by atoms with van der Waals surface area (Å²) in [5, 5.41) is 0.916. The maximum Gasteiger partial charge on any atom is 0.421 e. The summed E-state index contributed by atoms with van der Waals surface area (Å²) in [6.07, 6.45) is -0.0841. The summed E-state index contributed by atoms with van der Waals surface area (Å²) < 4.78 is 77.7. The second-order valence-electron chi connectivity index (χ2n) is 11.5. The van der Waals surface area contributed by atoms with Crippen molar-refractivity contribution in [1.82, 2.24) is 14.5 Å². The number of hydrogen-bond acceptors (Lipinski definition) is 6. The first-order valence-corrected chi connectivity index (χ1v) is 15.8. The van der Waals surface area contributed by atoms with Crippen molar-refractivity contribution < 1.29 is 31.8 Å². The summed E-state index contributed by atoms with van der Waals surface area (Å²) in [6, 6.07) is 18.3. The van der Waals surface area contributed by atoms with Gasteiger partial charge in [-0.15, -0.1) is 0 Å². The Kier molecular flexibility index (Phi) is 9.70. The molecule has 0 N–H and O–H groups in total. The average molecular weight is 692 g/mol. The number of piperazine rings is 1. The number of halogens is 6. The summed E-state index contributed by atoms with van der Waals surface area (Å²) in [7, 11) is 0. The molecule has 47 heavy (non-hydrogen) atoms. The molecule has 0 radical (unpaired) electrons. The highest BCUT2D eigenvalue weighted by Gasteiger charge is 2.45. The van der Waals surface area contributed by atoms with Gasteiger partial charge in [0.05, 0.1) is 24.5 Å². The highest BCUT2D eigenvalue weighted by atomic mass is 35.5. The molecule has 0 saturated carbocycles. The monoisotopic (exact) mass is 690 g/mol. The van der Waals surface area contributed by atoms with E-state index in [1.54, 1.807) is 43.7 Å². The Morgan fingerprint density at radius 3 is 2.45 bits per heavy atom. The SMILES string of the molecule is Cc1cccc(/C(=C(/F)N2CCN(c3ccc(OCC4COC(Cn5ccnc5)(c5ccc(Cl)cc5Cl)O4)cc3)CC2)C(F)(F)F)c1. The number of ether oxygens (including phenoxy) is 3. The predicted molar refractivity (Wildman–Crippen MR) is 172 cm³/mol. The van der Waals surface area contributed by atoms with Crippen molar-refractivity contribution in [2.45, 2.75) is 31.5 Å². The van der Waals surface area contributed by atoms with Gasteiger partial charge in [-0.3, -0.25) is 0 Å². The molecule has 6 rings (SSSR count). The van der Waals surface area contributed by atoms with Crippen LogP contribution in [0.15, 0.2) is 91.4 Å². The standard InChI is InChI=1S/C34H32Cl2F4N4O3/c1-23-3-2-4-24(17-23)31(34(38,39)40)32(37)44-15-13-43(14-16-44)26-6-8-27(9-7-26)45-19-28-20-46-33(47-28,21-42-12-11-41-22-42)29-10-5-25(35)18-30(29)36/h2-12,17-18,22,28H,13-16,19-21H2,1H3/b32-31+. The Hall–Kier alpha value is -3.77. The van der Waals surface area contributed by atoms with Gasteiger partial charge < -0.3 is 28.6 Å². The summed E-state index contributed by atoms with van der Waals surface area (Å²) in [5.41, 5.74) is 0.695. The van der Waals surface area contributed by atoms with Crippen LogP contribution in [-0.4, -0.2) is 66.1 Å². The van der Waals surface area contributed by atoms with E-state index in [-0.39, 0.29) is 31.9 Å². The van der Waals surface area contributed by atoms with Crippen LogP contribution in [-0.2, 0) is 21.8 Å². The van der Waals surface area contributed by atoms with Gasteiger partial charge in [0, 0.05) is 54.8 Å². The van der Waals surface area contributed by atoms with Gasteiger partial charge in [-0.05, 0) is 48.9 Å². The lowest BCUT2D eigenvalue weighted by atomic mass is 10.0. The quantitative estimate of drug-likeness (QED) is 0.132. The number of alkyl halides is 3. The van der Waals surface area contributed by atoms with Crippen LogP contribution < -0.4 is 9.64 Å². The Bertz CT molecular complexity index is 1710. The molecule has 0 aliphatic carbocycles. The Morgan fingerprint density at radius 1 is 1.02 bits per heavy atom. The Balaban J connectivity index is 1.07. The van der Waals surface area contributed by atoms with Gasteiger partial charge in [0.15, 0.2) is 0 Å². The molecule has 7 nitrogen and oxygen atoms in total. The molecule has 0 spiro atoms. The second kappa shape index (κ2) is 13.8. The fraction of sp³-hybridized carbons (Fsp3) is 0.324. The van der Waals surface area contributed by atoms with Crippen molar-refractivity contribution in [3.8, 4) is 5.75 Å². The first kappa shape index (κ1) is 33.1. The lowest BCUT2D eigenvalue weighted by Crippen LogP contribution is -2.45. The van der Waals surface area contributed by atoms with E-state index in [1.807, 2.05) is 39.9 Å². The minimum absolute atomic E-state index is 0.104. The number of nitrogens with zero attached hydrogens (tertiary/aromatic N) is 4. The molecule has 1 aromatic heterocycles. The van der Waals surface area contributed by atoms with E-state index in [0.29, 0.717) is 46.6 Å². The Morgan fingerprint density at radius 2 is 1.79 bits per heavy atom. The number of hydrogen-bond donors (Lipinski definition) is 0. The van der Waals surface area contributed by atoms with Crippen LogP contribution in [0.2, 0.25) is 10.0 Å². The van der Waals surface area contributed by atoms with Crippen molar-refractivity contribution in [3.05, 3.63) is 118 Å². The highest BCUT2D eigenvalue weighted by Crippen LogP contribution is 2.41. The molecule has 3 aromatic carbocycles. The zero-order valence-electron chi connectivity index (χ0n) is 25.4. The summed E-state index contributed by atoms with van der Waals surface area (Å²) in [4.78, 5) is 7.27. The summed E-state index contributed by atoms with van der Waals surface area (Å²) >= 11 is 12.7.